The smallest absolute Gasteiger partial charge is 0.264 e. The van der Waals surface area contributed by atoms with Gasteiger partial charge in [-0.3, -0.25) is 9.59 Å². The number of aliphatic hydroxyl groups excluding tert-OH is 1. The fourth-order valence-electron chi connectivity index (χ4n) is 6.76. The van der Waals surface area contributed by atoms with E-state index in [1.54, 1.807) is 23.0 Å². The van der Waals surface area contributed by atoms with E-state index in [9.17, 15) is 14.7 Å². The Morgan fingerprint density at radius 3 is 2.51 bits per heavy atom. The zero-order chi connectivity index (χ0) is 26.5. The lowest BCUT2D eigenvalue weighted by Gasteiger charge is -2.37. The third kappa shape index (κ3) is 3.76. The molecule has 3 aliphatic rings. The third-order valence-electron chi connectivity index (χ3n) is 8.71. The van der Waals surface area contributed by atoms with Crippen LogP contribution in [-0.2, 0) is 19.9 Å². The van der Waals surface area contributed by atoms with Gasteiger partial charge in [-0.1, -0.05) is 43.4 Å². The number of benzene rings is 2. The second kappa shape index (κ2) is 9.42. The molecule has 2 amide bonds. The van der Waals surface area contributed by atoms with Gasteiger partial charge in [0.1, 0.15) is 5.75 Å². The summed E-state index contributed by atoms with van der Waals surface area (Å²) in [7, 11) is -0.561. The molecule has 8 heteroatoms. The molecule has 2 fully saturated rings. The molecule has 3 aliphatic heterocycles. The maximum absolute atomic E-state index is 14.3. The van der Waals surface area contributed by atoms with Gasteiger partial charge in [0.05, 0.1) is 27.0 Å². The van der Waals surface area contributed by atoms with Gasteiger partial charge in [-0.15, -0.1) is 6.58 Å². The maximum atomic E-state index is 14.3. The van der Waals surface area contributed by atoms with Crippen LogP contribution in [0.5, 0.6) is 5.75 Å². The van der Waals surface area contributed by atoms with Crippen LogP contribution in [0.15, 0.2) is 55.1 Å². The van der Waals surface area contributed by atoms with Crippen molar-refractivity contribution in [2.75, 3.05) is 36.6 Å². The maximum Gasteiger partial charge on any atom is 0.264 e. The first-order chi connectivity index (χ1) is 17.7. The Bertz CT molecular complexity index is 1230. The van der Waals surface area contributed by atoms with Crippen LogP contribution in [0.4, 0.5) is 11.4 Å². The van der Waals surface area contributed by atoms with Gasteiger partial charge in [0, 0.05) is 43.3 Å². The lowest BCUT2D eigenvalue weighted by molar-refractivity contribution is -0.146. The molecule has 1 N–H and O–H groups in total. The summed E-state index contributed by atoms with van der Waals surface area (Å²) in [5, 5.41) is 11.3. The number of rotatable bonds is 8. The highest BCUT2D eigenvalue weighted by molar-refractivity contribution is 6.91. The molecule has 0 saturated carbocycles. The Labute approximate surface area is 219 Å². The van der Waals surface area contributed by atoms with Crippen molar-refractivity contribution in [3.8, 4) is 5.75 Å². The van der Waals surface area contributed by atoms with Crippen LogP contribution in [0.3, 0.4) is 0 Å². The number of aliphatic hydroxyl groups is 1. The predicted molar refractivity (Wildman–Crippen MR) is 147 cm³/mol. The van der Waals surface area contributed by atoms with Crippen LogP contribution in [0.25, 0.3) is 0 Å². The number of carbonyl (C=O) groups excluding carboxylic acids is 2. The zero-order valence-electron chi connectivity index (χ0n) is 22.1. The van der Waals surface area contributed by atoms with Crippen LogP contribution in [0.1, 0.15) is 25.3 Å². The lowest BCUT2D eigenvalue weighted by atomic mass is 9.82. The first-order valence-corrected chi connectivity index (χ1v) is 16.1. The quantitative estimate of drug-likeness (QED) is 0.327. The number of hydrogen-bond donors (Lipinski definition) is 1. The second-order valence-electron chi connectivity index (χ2n) is 10.9. The molecule has 2 aromatic carbocycles. The molecule has 0 unspecified atom stereocenters. The first-order valence-electron chi connectivity index (χ1n) is 13.0. The number of methoxy groups -OCH3 is 1. The molecule has 3 heterocycles. The van der Waals surface area contributed by atoms with Crippen molar-refractivity contribution in [1.29, 1.82) is 0 Å². The molecule has 1 spiro atoms. The number of nitrogens with zero attached hydrogens (tertiary/aromatic N) is 2. The SMILES string of the molecule is C=CCN1C(=O)[C@@]2(O[C@H](CCO)[C@@H]([Si](C)(C)c3ccc(OC)cc3)[C@@H]2C)c2cc(N3CCC3=O)ccc21. The van der Waals surface area contributed by atoms with E-state index in [-0.39, 0.29) is 36.0 Å². The van der Waals surface area contributed by atoms with Gasteiger partial charge < -0.3 is 24.4 Å². The van der Waals surface area contributed by atoms with Gasteiger partial charge in [0.2, 0.25) is 5.91 Å². The Kier molecular flexibility index (Phi) is 6.54. The summed E-state index contributed by atoms with van der Waals surface area (Å²) < 4.78 is 12.3. The second-order valence-corrected chi connectivity index (χ2v) is 15.6. The number of amides is 2. The van der Waals surface area contributed by atoms with Crippen LogP contribution in [0, 0.1) is 5.92 Å². The average molecular weight is 521 g/mol. The molecule has 0 aromatic heterocycles. The topological polar surface area (TPSA) is 79.3 Å². The molecule has 2 saturated heterocycles. The van der Waals surface area contributed by atoms with Crippen LogP contribution in [-0.4, -0.2) is 57.9 Å². The van der Waals surface area contributed by atoms with Gasteiger partial charge in [-0.25, -0.2) is 0 Å². The van der Waals surface area contributed by atoms with Gasteiger partial charge >= 0.3 is 0 Å². The van der Waals surface area contributed by atoms with Crippen molar-refractivity contribution < 1.29 is 24.2 Å². The number of fused-ring (bicyclic) bond motifs is 2. The fourth-order valence-corrected chi connectivity index (χ4v) is 10.8. The Balaban J connectivity index is 1.63. The highest BCUT2D eigenvalue weighted by atomic mass is 28.3. The standard InChI is InChI=1S/C29H36N2O5Si/c1-6-15-31-24-12-7-20(30-16-13-26(30)33)18-23(24)29(28(31)34)19(2)27(25(36-29)14-17-32)37(4,5)22-10-8-21(35-3)9-11-22/h6-12,18-19,25,27,32H,1,13-17H2,2-5H3/t19-,25+,27-,29-/m0/s1. The molecule has 0 radical (unpaired) electrons. The summed E-state index contributed by atoms with van der Waals surface area (Å²) in [6, 6.07) is 14.0. The molecule has 5 rings (SSSR count). The van der Waals surface area contributed by atoms with Crippen LogP contribution >= 0.6 is 0 Å². The van der Waals surface area contributed by atoms with Gasteiger partial charge in [0.15, 0.2) is 5.60 Å². The van der Waals surface area contributed by atoms with E-state index < -0.39 is 13.7 Å². The van der Waals surface area contributed by atoms with E-state index in [0.717, 1.165) is 22.7 Å². The Morgan fingerprint density at radius 2 is 1.95 bits per heavy atom. The molecule has 37 heavy (non-hydrogen) atoms. The van der Waals surface area contributed by atoms with Crippen molar-refractivity contribution in [3.63, 3.8) is 0 Å². The molecule has 0 bridgehead atoms. The van der Waals surface area contributed by atoms with Crippen LogP contribution < -0.4 is 19.7 Å². The number of carbonyl (C=O) groups is 2. The normalized spacial score (nSPS) is 27.0. The summed E-state index contributed by atoms with van der Waals surface area (Å²) in [5.41, 5.74) is 1.31. The molecule has 7 nitrogen and oxygen atoms in total. The Morgan fingerprint density at radius 1 is 1.22 bits per heavy atom. The van der Waals surface area contributed by atoms with Gasteiger partial charge in [-0.05, 0) is 42.3 Å². The first kappa shape index (κ1) is 25.7. The summed E-state index contributed by atoms with van der Waals surface area (Å²) in [5.74, 6) is 0.662. The van der Waals surface area contributed by atoms with Gasteiger partial charge in [-0.2, -0.15) is 0 Å². The molecular formula is C29H36N2O5Si. The molecular weight excluding hydrogens is 484 g/mol. The monoisotopic (exact) mass is 520 g/mol. The molecule has 2 aromatic rings. The third-order valence-corrected chi connectivity index (χ3v) is 13.1. The molecule has 196 valence electrons. The predicted octanol–water partition coefficient (Wildman–Crippen LogP) is 3.56. The summed E-state index contributed by atoms with van der Waals surface area (Å²) in [6.45, 7) is 11.7. The molecule has 0 aliphatic carbocycles. The van der Waals surface area contributed by atoms with Crippen molar-refractivity contribution >= 4 is 36.4 Å². The molecule has 4 atom stereocenters. The van der Waals surface area contributed by atoms with Crippen molar-refractivity contribution in [2.24, 2.45) is 5.92 Å². The average Bonchev–Trinajstić information content (AvgIpc) is 3.30. The minimum Gasteiger partial charge on any atom is -0.497 e. The fraction of sp³-hybridized carbons (Fsp3) is 0.448. The summed E-state index contributed by atoms with van der Waals surface area (Å²) in [6.07, 6.45) is 2.45. The number of ether oxygens (including phenoxy) is 2. The van der Waals surface area contributed by atoms with E-state index in [4.69, 9.17) is 9.47 Å². The largest absolute Gasteiger partial charge is 0.497 e. The minimum atomic E-state index is -2.22. The minimum absolute atomic E-state index is 0.0171. The Hall–Kier alpha value is -2.94. The van der Waals surface area contributed by atoms with E-state index in [1.807, 2.05) is 30.3 Å². The summed E-state index contributed by atoms with van der Waals surface area (Å²) >= 11 is 0. The van der Waals surface area contributed by atoms with Crippen LogP contribution in [0.2, 0.25) is 18.6 Å². The summed E-state index contributed by atoms with van der Waals surface area (Å²) in [4.78, 5) is 30.0. The highest BCUT2D eigenvalue weighted by Crippen LogP contribution is 2.60. The van der Waals surface area contributed by atoms with E-state index in [1.165, 1.54) is 5.19 Å². The zero-order valence-corrected chi connectivity index (χ0v) is 23.1. The number of anilines is 2. The number of β-lactam (4-membered cyclic amide) rings is 1. The van der Waals surface area contributed by atoms with Crippen molar-refractivity contribution in [2.45, 2.75) is 50.1 Å². The van der Waals surface area contributed by atoms with Crippen molar-refractivity contribution in [3.05, 3.63) is 60.7 Å². The lowest BCUT2D eigenvalue weighted by Crippen LogP contribution is -2.52. The van der Waals surface area contributed by atoms with E-state index in [2.05, 4.69) is 38.7 Å². The van der Waals surface area contributed by atoms with Gasteiger partial charge in [0.25, 0.3) is 5.91 Å². The number of hydrogen-bond acceptors (Lipinski definition) is 5. The van der Waals surface area contributed by atoms with Crippen molar-refractivity contribution in [1.82, 2.24) is 0 Å². The highest BCUT2D eigenvalue weighted by Gasteiger charge is 2.66. The van der Waals surface area contributed by atoms with E-state index >= 15 is 0 Å². The van der Waals surface area contributed by atoms with E-state index in [0.29, 0.717) is 25.9 Å².